The molecule has 1 aromatic rings. The van der Waals surface area contributed by atoms with E-state index in [0.29, 0.717) is 6.61 Å². The van der Waals surface area contributed by atoms with Crippen LogP contribution >= 0.6 is 0 Å². The molecule has 3 heteroatoms. The van der Waals surface area contributed by atoms with E-state index in [2.05, 4.69) is 0 Å². The van der Waals surface area contributed by atoms with Gasteiger partial charge in [0, 0.05) is 0 Å². The quantitative estimate of drug-likeness (QED) is 0.751. The molecule has 2 atom stereocenters. The Morgan fingerprint density at radius 3 is 2.53 bits per heavy atom. The molecule has 1 saturated heterocycles. The van der Waals surface area contributed by atoms with E-state index in [0.717, 1.165) is 5.56 Å². The van der Waals surface area contributed by atoms with Gasteiger partial charge in [-0.1, -0.05) is 30.3 Å². The van der Waals surface area contributed by atoms with Gasteiger partial charge >= 0.3 is 5.97 Å². The Kier molecular flexibility index (Phi) is 3.20. The fraction of sp³-hybridized carbons (Fsp3) is 0.500. The molecule has 0 aromatic heterocycles. The molecule has 92 valence electrons. The van der Waals surface area contributed by atoms with Crippen LogP contribution in [-0.4, -0.2) is 18.2 Å². The van der Waals surface area contributed by atoms with Crippen LogP contribution in [0.15, 0.2) is 30.3 Å². The fourth-order valence-electron chi connectivity index (χ4n) is 2.04. The third kappa shape index (κ3) is 2.34. The van der Waals surface area contributed by atoms with Gasteiger partial charge < -0.3 is 9.47 Å². The van der Waals surface area contributed by atoms with Crippen molar-refractivity contribution in [3.63, 3.8) is 0 Å². The van der Waals surface area contributed by atoms with Gasteiger partial charge in [0.2, 0.25) is 0 Å². The maximum Gasteiger partial charge on any atom is 0.315 e. The summed E-state index contributed by atoms with van der Waals surface area (Å²) < 4.78 is 10.9. The van der Waals surface area contributed by atoms with E-state index >= 15 is 0 Å². The molecule has 1 aromatic carbocycles. The third-order valence-electron chi connectivity index (χ3n) is 3.25. The van der Waals surface area contributed by atoms with Crippen LogP contribution in [0.1, 0.15) is 26.3 Å². The zero-order valence-corrected chi connectivity index (χ0v) is 10.5. The van der Waals surface area contributed by atoms with Gasteiger partial charge in [-0.2, -0.15) is 0 Å². The number of carbonyl (C=O) groups is 1. The average Bonchev–Trinajstić information content (AvgIpc) is 2.34. The van der Waals surface area contributed by atoms with Gasteiger partial charge in [0.25, 0.3) is 0 Å². The Labute approximate surface area is 102 Å². The standard InChI is InChI=1S/C14H18O3/c1-10(12-14(2,3)13(15)17-12)16-9-11-7-5-4-6-8-11/h4-8,10,12H,9H2,1-3H3/t10-,12+/m1/s1. The number of ether oxygens (including phenoxy) is 2. The summed E-state index contributed by atoms with van der Waals surface area (Å²) in [6.07, 6.45) is -0.221. The Morgan fingerprint density at radius 2 is 2.00 bits per heavy atom. The lowest BCUT2D eigenvalue weighted by atomic mass is 9.79. The molecule has 0 spiro atoms. The lowest BCUT2D eigenvalue weighted by molar-refractivity contribution is -0.221. The van der Waals surface area contributed by atoms with E-state index in [1.165, 1.54) is 0 Å². The van der Waals surface area contributed by atoms with Crippen molar-refractivity contribution in [2.24, 2.45) is 5.41 Å². The number of cyclic esters (lactones) is 1. The minimum absolute atomic E-state index is 0.0806. The number of esters is 1. The van der Waals surface area contributed by atoms with Crippen LogP contribution < -0.4 is 0 Å². The second-order valence-corrected chi connectivity index (χ2v) is 5.05. The molecule has 0 bridgehead atoms. The summed E-state index contributed by atoms with van der Waals surface area (Å²) in [5.74, 6) is -0.141. The first-order valence-electron chi connectivity index (χ1n) is 5.88. The lowest BCUT2D eigenvalue weighted by Crippen LogP contribution is -2.58. The first kappa shape index (κ1) is 12.1. The Morgan fingerprint density at radius 1 is 1.35 bits per heavy atom. The highest BCUT2D eigenvalue weighted by molar-refractivity contribution is 5.82. The van der Waals surface area contributed by atoms with E-state index in [9.17, 15) is 4.79 Å². The molecule has 3 nitrogen and oxygen atoms in total. The van der Waals surface area contributed by atoms with Crippen molar-refractivity contribution in [3.8, 4) is 0 Å². The van der Waals surface area contributed by atoms with E-state index < -0.39 is 5.41 Å². The maximum absolute atomic E-state index is 11.3. The highest BCUT2D eigenvalue weighted by Gasteiger charge is 2.53. The first-order chi connectivity index (χ1) is 8.01. The average molecular weight is 234 g/mol. The molecule has 0 saturated carbocycles. The molecule has 1 fully saturated rings. The van der Waals surface area contributed by atoms with Gasteiger partial charge in [-0.15, -0.1) is 0 Å². The number of benzene rings is 1. The van der Waals surface area contributed by atoms with Crippen molar-refractivity contribution in [1.29, 1.82) is 0 Å². The predicted octanol–water partition coefficient (Wildman–Crippen LogP) is 2.54. The normalized spacial score (nSPS) is 23.7. The van der Waals surface area contributed by atoms with E-state index in [1.807, 2.05) is 51.1 Å². The van der Waals surface area contributed by atoms with Crippen molar-refractivity contribution >= 4 is 5.97 Å². The summed E-state index contributed by atoms with van der Waals surface area (Å²) in [7, 11) is 0. The van der Waals surface area contributed by atoms with Crippen LogP contribution in [0.3, 0.4) is 0 Å². The zero-order chi connectivity index (χ0) is 12.5. The molecule has 0 N–H and O–H groups in total. The molecule has 2 rings (SSSR count). The molecule has 1 aliphatic rings. The molecule has 0 unspecified atom stereocenters. The molecule has 0 amide bonds. The van der Waals surface area contributed by atoms with Crippen molar-refractivity contribution < 1.29 is 14.3 Å². The summed E-state index contributed by atoms with van der Waals surface area (Å²) in [5.41, 5.74) is 0.707. The van der Waals surface area contributed by atoms with Crippen LogP contribution in [0.5, 0.6) is 0 Å². The Hall–Kier alpha value is -1.35. The van der Waals surface area contributed by atoms with Crippen LogP contribution in [0.4, 0.5) is 0 Å². The van der Waals surface area contributed by atoms with Crippen LogP contribution in [0, 0.1) is 5.41 Å². The summed E-state index contributed by atoms with van der Waals surface area (Å²) in [6.45, 7) is 6.28. The van der Waals surface area contributed by atoms with Crippen LogP contribution in [0.2, 0.25) is 0 Å². The second-order valence-electron chi connectivity index (χ2n) is 5.05. The van der Waals surface area contributed by atoms with Crippen LogP contribution in [0.25, 0.3) is 0 Å². The monoisotopic (exact) mass is 234 g/mol. The lowest BCUT2D eigenvalue weighted by Gasteiger charge is -2.44. The van der Waals surface area contributed by atoms with E-state index in [4.69, 9.17) is 9.47 Å². The van der Waals surface area contributed by atoms with Crippen molar-refractivity contribution in [2.45, 2.75) is 39.6 Å². The zero-order valence-electron chi connectivity index (χ0n) is 10.5. The van der Waals surface area contributed by atoms with E-state index in [1.54, 1.807) is 0 Å². The molecule has 1 aliphatic heterocycles. The topological polar surface area (TPSA) is 35.5 Å². The highest BCUT2D eigenvalue weighted by atomic mass is 16.6. The third-order valence-corrected chi connectivity index (χ3v) is 3.25. The summed E-state index contributed by atoms with van der Waals surface area (Å²) in [5, 5.41) is 0. The molecule has 0 radical (unpaired) electrons. The van der Waals surface area contributed by atoms with Gasteiger partial charge in [0.05, 0.1) is 12.7 Å². The van der Waals surface area contributed by atoms with Crippen molar-refractivity contribution in [2.75, 3.05) is 0 Å². The summed E-state index contributed by atoms with van der Waals surface area (Å²) in [4.78, 5) is 11.3. The van der Waals surface area contributed by atoms with Gasteiger partial charge in [-0.05, 0) is 26.3 Å². The minimum Gasteiger partial charge on any atom is -0.458 e. The largest absolute Gasteiger partial charge is 0.458 e. The number of rotatable bonds is 4. The Balaban J connectivity index is 1.87. The van der Waals surface area contributed by atoms with Crippen molar-refractivity contribution in [3.05, 3.63) is 35.9 Å². The number of hydrogen-bond donors (Lipinski definition) is 0. The van der Waals surface area contributed by atoms with Gasteiger partial charge in [-0.25, -0.2) is 0 Å². The molecule has 1 heterocycles. The predicted molar refractivity (Wildman–Crippen MR) is 64.4 cm³/mol. The highest BCUT2D eigenvalue weighted by Crippen LogP contribution is 2.38. The van der Waals surface area contributed by atoms with Crippen molar-refractivity contribution in [1.82, 2.24) is 0 Å². The first-order valence-corrected chi connectivity index (χ1v) is 5.88. The molecule has 0 aliphatic carbocycles. The van der Waals surface area contributed by atoms with Crippen LogP contribution in [-0.2, 0) is 20.9 Å². The number of hydrogen-bond acceptors (Lipinski definition) is 3. The summed E-state index contributed by atoms with van der Waals surface area (Å²) in [6, 6.07) is 9.98. The molecule has 17 heavy (non-hydrogen) atoms. The maximum atomic E-state index is 11.3. The SMILES string of the molecule is C[C@@H](OCc1ccccc1)[C@@H]1OC(=O)C1(C)C. The smallest absolute Gasteiger partial charge is 0.315 e. The Bertz CT molecular complexity index is 397. The number of carbonyl (C=O) groups excluding carboxylic acids is 1. The molecular formula is C14H18O3. The summed E-state index contributed by atoms with van der Waals surface area (Å²) >= 11 is 0. The second kappa shape index (κ2) is 4.49. The van der Waals surface area contributed by atoms with Gasteiger partial charge in [-0.3, -0.25) is 4.79 Å². The molecular weight excluding hydrogens is 216 g/mol. The fourth-order valence-corrected chi connectivity index (χ4v) is 2.04. The van der Waals surface area contributed by atoms with Gasteiger partial charge in [0.15, 0.2) is 0 Å². The minimum atomic E-state index is -0.421. The van der Waals surface area contributed by atoms with Gasteiger partial charge in [0.1, 0.15) is 11.5 Å². The van der Waals surface area contributed by atoms with E-state index in [-0.39, 0.29) is 18.2 Å².